The van der Waals surface area contributed by atoms with Crippen LogP contribution in [-0.2, 0) is 14.2 Å². The van der Waals surface area contributed by atoms with Crippen LogP contribution in [0.2, 0.25) is 0 Å². The maximum atomic E-state index is 6.31. The molecule has 0 aliphatic heterocycles. The molecule has 0 N–H and O–H groups in total. The zero-order valence-electron chi connectivity index (χ0n) is 18.5. The summed E-state index contributed by atoms with van der Waals surface area (Å²) in [5, 5.41) is 0. The van der Waals surface area contributed by atoms with E-state index in [0.29, 0.717) is 19.1 Å². The highest BCUT2D eigenvalue weighted by Gasteiger charge is 2.41. The summed E-state index contributed by atoms with van der Waals surface area (Å²) in [5.74, 6) is 0.714. The lowest BCUT2D eigenvalue weighted by molar-refractivity contribution is -0.242. The number of allylic oxidation sites excluding steroid dienone is 1. The fourth-order valence-electron chi connectivity index (χ4n) is 3.42. The molecule has 0 saturated heterocycles. The second-order valence-corrected chi connectivity index (χ2v) is 7.49. The number of ether oxygens (including phenoxy) is 3. The van der Waals surface area contributed by atoms with Crippen LogP contribution in [0.3, 0.4) is 0 Å². The van der Waals surface area contributed by atoms with E-state index in [-0.39, 0.29) is 11.9 Å². The fourth-order valence-corrected chi connectivity index (χ4v) is 3.42. The van der Waals surface area contributed by atoms with Crippen molar-refractivity contribution in [2.45, 2.75) is 118 Å². The van der Waals surface area contributed by atoms with E-state index in [1.165, 1.54) is 32.1 Å². The molecule has 2 unspecified atom stereocenters. The van der Waals surface area contributed by atoms with Crippen LogP contribution in [-0.4, -0.2) is 25.1 Å². The second-order valence-electron chi connectivity index (χ2n) is 7.49. The monoisotopic (exact) mass is 370 g/mol. The van der Waals surface area contributed by atoms with E-state index < -0.39 is 0 Å². The van der Waals surface area contributed by atoms with Crippen molar-refractivity contribution < 1.29 is 14.2 Å². The molecule has 0 heterocycles. The average molecular weight is 371 g/mol. The molecule has 3 nitrogen and oxygen atoms in total. The Morgan fingerprint density at radius 1 is 0.808 bits per heavy atom. The van der Waals surface area contributed by atoms with Crippen LogP contribution < -0.4 is 0 Å². The van der Waals surface area contributed by atoms with Gasteiger partial charge < -0.3 is 14.2 Å². The first kappa shape index (κ1) is 25.5. The molecular formula is C23H46O3. The van der Waals surface area contributed by atoms with Crippen molar-refractivity contribution in [1.82, 2.24) is 0 Å². The number of hydrogen-bond donors (Lipinski definition) is 0. The average Bonchev–Trinajstić information content (AvgIpc) is 2.65. The van der Waals surface area contributed by atoms with Gasteiger partial charge in [-0.3, -0.25) is 0 Å². The Hall–Kier alpha value is -0.540. The summed E-state index contributed by atoms with van der Waals surface area (Å²) in [6.07, 6.45) is 15.5. The van der Waals surface area contributed by atoms with Crippen molar-refractivity contribution in [2.75, 3.05) is 13.2 Å². The molecule has 3 heteroatoms. The molecule has 0 aliphatic carbocycles. The van der Waals surface area contributed by atoms with Crippen LogP contribution in [0.25, 0.3) is 0 Å². The molecule has 2 atom stereocenters. The van der Waals surface area contributed by atoms with Crippen molar-refractivity contribution in [3.63, 3.8) is 0 Å². The molecule has 0 fully saturated rings. The summed E-state index contributed by atoms with van der Waals surface area (Å²) in [5.41, 5.74) is -0.383. The molecule has 0 aromatic carbocycles. The quantitative estimate of drug-likeness (QED) is 0.144. The summed E-state index contributed by atoms with van der Waals surface area (Å²) in [6, 6.07) is 0. The fraction of sp³-hybridized carbons (Fsp3) is 0.913. The third-order valence-corrected chi connectivity index (χ3v) is 5.07. The summed E-state index contributed by atoms with van der Waals surface area (Å²) in [4.78, 5) is 0. The van der Waals surface area contributed by atoms with Crippen LogP contribution >= 0.6 is 0 Å². The predicted molar refractivity (Wildman–Crippen MR) is 112 cm³/mol. The third-order valence-electron chi connectivity index (χ3n) is 5.07. The predicted octanol–water partition coefficient (Wildman–Crippen LogP) is 7.25. The molecule has 0 aromatic heterocycles. The Balaban J connectivity index is 5.05. The Morgan fingerprint density at radius 3 is 2.00 bits per heavy atom. The molecule has 0 aliphatic rings. The van der Waals surface area contributed by atoms with Gasteiger partial charge in [-0.2, -0.15) is 0 Å². The molecule has 0 bridgehead atoms. The maximum absolute atomic E-state index is 6.31. The van der Waals surface area contributed by atoms with Crippen molar-refractivity contribution in [2.24, 2.45) is 5.92 Å². The molecule has 0 amide bonds. The first-order valence-corrected chi connectivity index (χ1v) is 11.1. The smallest absolute Gasteiger partial charge is 0.197 e. The second kappa shape index (κ2) is 16.6. The van der Waals surface area contributed by atoms with Gasteiger partial charge in [-0.05, 0) is 52.4 Å². The standard InChI is InChI=1S/C23H46O3/c1-7-12-14-15-16-21(6)17-19-23(18-13-8-2,26-20-9-3)22(24-10-4)25-11-5/h9,20-22H,7-8,10-19H2,1-6H3. The first-order chi connectivity index (χ1) is 12.6. The summed E-state index contributed by atoms with van der Waals surface area (Å²) in [7, 11) is 0. The molecule has 26 heavy (non-hydrogen) atoms. The zero-order chi connectivity index (χ0) is 19.7. The topological polar surface area (TPSA) is 27.7 Å². The van der Waals surface area contributed by atoms with Gasteiger partial charge in [0.1, 0.15) is 0 Å². The Bertz CT molecular complexity index is 323. The lowest BCUT2D eigenvalue weighted by atomic mass is 9.86. The third kappa shape index (κ3) is 10.6. The van der Waals surface area contributed by atoms with Crippen molar-refractivity contribution in [1.29, 1.82) is 0 Å². The van der Waals surface area contributed by atoms with E-state index in [2.05, 4.69) is 20.8 Å². The summed E-state index contributed by atoms with van der Waals surface area (Å²) >= 11 is 0. The minimum absolute atomic E-state index is 0.299. The molecule has 0 radical (unpaired) electrons. The van der Waals surface area contributed by atoms with Gasteiger partial charge in [0.25, 0.3) is 0 Å². The molecule has 156 valence electrons. The Kier molecular flexibility index (Phi) is 16.3. The molecular weight excluding hydrogens is 324 g/mol. The van der Waals surface area contributed by atoms with Gasteiger partial charge in [-0.15, -0.1) is 0 Å². The molecule has 0 rings (SSSR count). The van der Waals surface area contributed by atoms with Gasteiger partial charge >= 0.3 is 0 Å². The lowest BCUT2D eigenvalue weighted by Gasteiger charge is -2.40. The van der Waals surface area contributed by atoms with E-state index in [1.807, 2.05) is 33.1 Å². The van der Waals surface area contributed by atoms with E-state index in [1.54, 1.807) is 0 Å². The highest BCUT2D eigenvalue weighted by Crippen LogP contribution is 2.34. The minimum Gasteiger partial charge on any atom is -0.490 e. The number of unbranched alkanes of at least 4 members (excludes halogenated alkanes) is 4. The minimum atomic E-state index is -0.383. The van der Waals surface area contributed by atoms with Crippen LogP contribution in [0.4, 0.5) is 0 Å². The Labute approximate surface area is 163 Å². The van der Waals surface area contributed by atoms with E-state index in [9.17, 15) is 0 Å². The summed E-state index contributed by atoms with van der Waals surface area (Å²) < 4.78 is 18.3. The van der Waals surface area contributed by atoms with Crippen molar-refractivity contribution in [3.05, 3.63) is 12.3 Å². The summed E-state index contributed by atoms with van der Waals surface area (Å²) in [6.45, 7) is 14.2. The van der Waals surface area contributed by atoms with E-state index in [4.69, 9.17) is 14.2 Å². The number of rotatable bonds is 18. The SMILES string of the molecule is CC=COC(CCCC)(CCC(C)CCCCCC)C(OCC)OCC. The van der Waals surface area contributed by atoms with Crippen molar-refractivity contribution >= 4 is 0 Å². The van der Waals surface area contributed by atoms with E-state index in [0.717, 1.165) is 32.1 Å². The largest absolute Gasteiger partial charge is 0.490 e. The highest BCUT2D eigenvalue weighted by molar-refractivity contribution is 4.89. The van der Waals surface area contributed by atoms with Crippen LogP contribution in [0, 0.1) is 5.92 Å². The van der Waals surface area contributed by atoms with Crippen LogP contribution in [0.15, 0.2) is 12.3 Å². The molecule has 0 spiro atoms. The maximum Gasteiger partial charge on any atom is 0.197 e. The van der Waals surface area contributed by atoms with E-state index >= 15 is 0 Å². The van der Waals surface area contributed by atoms with Gasteiger partial charge in [0, 0.05) is 13.2 Å². The Morgan fingerprint density at radius 2 is 1.46 bits per heavy atom. The first-order valence-electron chi connectivity index (χ1n) is 11.1. The molecule has 0 saturated carbocycles. The molecule has 0 aromatic rings. The normalized spacial score (nSPS) is 15.5. The van der Waals surface area contributed by atoms with Crippen LogP contribution in [0.5, 0.6) is 0 Å². The highest BCUT2D eigenvalue weighted by atomic mass is 16.7. The van der Waals surface area contributed by atoms with Gasteiger partial charge in [0.15, 0.2) is 11.9 Å². The van der Waals surface area contributed by atoms with Crippen molar-refractivity contribution in [3.8, 4) is 0 Å². The number of hydrogen-bond acceptors (Lipinski definition) is 3. The van der Waals surface area contributed by atoms with Gasteiger partial charge in [-0.1, -0.05) is 65.4 Å². The van der Waals surface area contributed by atoms with Gasteiger partial charge in [0.05, 0.1) is 6.26 Å². The van der Waals surface area contributed by atoms with Gasteiger partial charge in [-0.25, -0.2) is 0 Å². The van der Waals surface area contributed by atoms with Crippen LogP contribution in [0.1, 0.15) is 106 Å². The van der Waals surface area contributed by atoms with Gasteiger partial charge in [0.2, 0.25) is 0 Å². The zero-order valence-corrected chi connectivity index (χ0v) is 18.5. The lowest BCUT2D eigenvalue weighted by Crippen LogP contribution is -2.47.